The van der Waals surface area contributed by atoms with E-state index in [1.807, 2.05) is 18.2 Å². The predicted molar refractivity (Wildman–Crippen MR) is 65.9 cm³/mol. The monoisotopic (exact) mass is 303 g/mol. The van der Waals surface area contributed by atoms with Crippen LogP contribution in [0.1, 0.15) is 17.9 Å². The van der Waals surface area contributed by atoms with E-state index < -0.39 is 12.0 Å². The molecule has 0 saturated carbocycles. The molecule has 0 aliphatic carbocycles. The summed E-state index contributed by atoms with van der Waals surface area (Å²) in [7, 11) is 0. The van der Waals surface area contributed by atoms with E-state index in [2.05, 4.69) is 21.2 Å². The number of carbonyl (C=O) groups is 1. The van der Waals surface area contributed by atoms with Gasteiger partial charge in [0.2, 0.25) is 0 Å². The highest BCUT2D eigenvalue weighted by Crippen LogP contribution is 2.32. The smallest absolute Gasteiger partial charge is 0.321 e. The zero-order valence-corrected chi connectivity index (χ0v) is 10.8. The van der Waals surface area contributed by atoms with Gasteiger partial charge in [-0.2, -0.15) is 0 Å². The summed E-state index contributed by atoms with van der Waals surface area (Å²) in [6.45, 7) is 0.731. The first-order valence-corrected chi connectivity index (χ1v) is 6.18. The van der Waals surface area contributed by atoms with E-state index in [9.17, 15) is 4.79 Å². The molecule has 5 heteroatoms. The third kappa shape index (κ3) is 2.24. The van der Waals surface area contributed by atoms with E-state index in [1.54, 1.807) is 0 Å². The summed E-state index contributed by atoms with van der Waals surface area (Å²) in [5.74, 6) is -0.801. The van der Waals surface area contributed by atoms with Crippen molar-refractivity contribution in [3.05, 3.63) is 33.3 Å². The highest BCUT2D eigenvalue weighted by molar-refractivity contribution is 9.10. The van der Waals surface area contributed by atoms with Crippen molar-refractivity contribution in [1.29, 1.82) is 0 Å². The molecule has 1 aromatic carbocycles. The molecule has 16 heavy (non-hydrogen) atoms. The maximum absolute atomic E-state index is 11.0. The van der Waals surface area contributed by atoms with Crippen molar-refractivity contribution in [2.75, 3.05) is 6.54 Å². The maximum atomic E-state index is 11.0. The summed E-state index contributed by atoms with van der Waals surface area (Å²) in [6.07, 6.45) is 0.828. The van der Waals surface area contributed by atoms with Gasteiger partial charge >= 0.3 is 5.97 Å². The zero-order chi connectivity index (χ0) is 11.7. The Morgan fingerprint density at radius 2 is 2.31 bits per heavy atom. The third-order valence-corrected chi connectivity index (χ3v) is 4.09. The lowest BCUT2D eigenvalue weighted by molar-refractivity contribution is -0.139. The van der Waals surface area contributed by atoms with Gasteiger partial charge in [-0.1, -0.05) is 17.7 Å². The fourth-order valence-corrected chi connectivity index (χ4v) is 2.50. The Balaban J connectivity index is 2.29. The third-order valence-electron chi connectivity index (χ3n) is 2.86. The van der Waals surface area contributed by atoms with Crippen LogP contribution in [0.2, 0.25) is 5.02 Å². The summed E-state index contributed by atoms with van der Waals surface area (Å²) in [6, 6.07) is 5.11. The molecule has 1 saturated heterocycles. The molecule has 2 atom stereocenters. The van der Waals surface area contributed by atoms with Crippen LogP contribution in [0.15, 0.2) is 22.7 Å². The van der Waals surface area contributed by atoms with E-state index in [0.29, 0.717) is 5.02 Å². The Bertz CT molecular complexity index is 424. The first kappa shape index (κ1) is 11.9. The number of aliphatic carboxylic acids is 1. The first-order valence-electron chi connectivity index (χ1n) is 5.00. The maximum Gasteiger partial charge on any atom is 0.321 e. The second-order valence-electron chi connectivity index (χ2n) is 3.84. The number of rotatable bonds is 2. The standard InChI is InChI=1S/C11H11BrClNO2/c12-8-2-1-6(5-9(8)13)7-3-4-14-10(7)11(15)16/h1-2,5,7,10,14H,3-4H2,(H,15,16). The zero-order valence-electron chi connectivity index (χ0n) is 8.41. The van der Waals surface area contributed by atoms with Gasteiger partial charge in [-0.15, -0.1) is 0 Å². The van der Waals surface area contributed by atoms with Crippen LogP contribution in [-0.4, -0.2) is 23.7 Å². The second-order valence-corrected chi connectivity index (χ2v) is 5.10. The van der Waals surface area contributed by atoms with Crippen LogP contribution in [0, 0.1) is 0 Å². The van der Waals surface area contributed by atoms with Gasteiger partial charge < -0.3 is 10.4 Å². The molecule has 2 N–H and O–H groups in total. The molecule has 0 bridgehead atoms. The number of benzene rings is 1. The van der Waals surface area contributed by atoms with Crippen LogP contribution < -0.4 is 5.32 Å². The Morgan fingerprint density at radius 1 is 1.56 bits per heavy atom. The summed E-state index contributed by atoms with van der Waals surface area (Å²) in [5.41, 5.74) is 0.977. The number of halogens is 2. The minimum Gasteiger partial charge on any atom is -0.480 e. The minimum absolute atomic E-state index is 0.00287. The largest absolute Gasteiger partial charge is 0.480 e. The normalized spacial score (nSPS) is 24.6. The van der Waals surface area contributed by atoms with E-state index >= 15 is 0 Å². The van der Waals surface area contributed by atoms with Gasteiger partial charge in [0.25, 0.3) is 0 Å². The van der Waals surface area contributed by atoms with Crippen molar-refractivity contribution in [2.24, 2.45) is 0 Å². The van der Waals surface area contributed by atoms with Crippen molar-refractivity contribution < 1.29 is 9.90 Å². The van der Waals surface area contributed by atoms with Crippen molar-refractivity contribution in [1.82, 2.24) is 5.32 Å². The molecule has 0 radical (unpaired) electrons. The number of carboxylic acids is 1. The van der Waals surface area contributed by atoms with Crippen LogP contribution >= 0.6 is 27.5 Å². The molecular formula is C11H11BrClNO2. The summed E-state index contributed by atoms with van der Waals surface area (Å²) in [5, 5.41) is 12.7. The van der Waals surface area contributed by atoms with Crippen LogP contribution in [0.3, 0.4) is 0 Å². The molecule has 1 heterocycles. The van der Waals surface area contributed by atoms with Crippen LogP contribution in [0.5, 0.6) is 0 Å². The SMILES string of the molecule is O=C(O)C1NCCC1c1ccc(Br)c(Cl)c1. The molecule has 2 rings (SSSR count). The second kappa shape index (κ2) is 4.73. The molecule has 3 nitrogen and oxygen atoms in total. The van der Waals surface area contributed by atoms with Gasteiger partial charge in [0, 0.05) is 10.4 Å². The molecule has 0 aromatic heterocycles. The van der Waals surface area contributed by atoms with E-state index in [1.165, 1.54) is 0 Å². The van der Waals surface area contributed by atoms with Gasteiger partial charge in [-0.25, -0.2) is 0 Å². The summed E-state index contributed by atoms with van der Waals surface area (Å²) < 4.78 is 0.829. The molecule has 1 aliphatic rings. The fourth-order valence-electron chi connectivity index (χ4n) is 2.06. The first-order chi connectivity index (χ1) is 7.59. The Morgan fingerprint density at radius 3 is 2.94 bits per heavy atom. The molecule has 2 unspecified atom stereocenters. The predicted octanol–water partition coefficient (Wildman–Crippen LogP) is 2.63. The molecule has 1 aromatic rings. The fraction of sp³-hybridized carbons (Fsp3) is 0.364. The Hall–Kier alpha value is -0.580. The van der Waals surface area contributed by atoms with Crippen molar-refractivity contribution in [2.45, 2.75) is 18.4 Å². The topological polar surface area (TPSA) is 49.3 Å². The highest BCUT2D eigenvalue weighted by Gasteiger charge is 2.33. The van der Waals surface area contributed by atoms with E-state index in [-0.39, 0.29) is 5.92 Å². The molecular weight excluding hydrogens is 293 g/mol. The molecule has 1 aliphatic heterocycles. The Kier molecular flexibility index (Phi) is 3.52. The lowest BCUT2D eigenvalue weighted by Crippen LogP contribution is -2.34. The molecule has 0 amide bonds. The number of hydrogen-bond donors (Lipinski definition) is 2. The summed E-state index contributed by atoms with van der Waals surface area (Å²) in [4.78, 5) is 11.0. The lowest BCUT2D eigenvalue weighted by atomic mass is 9.92. The lowest BCUT2D eigenvalue weighted by Gasteiger charge is -2.16. The van der Waals surface area contributed by atoms with Crippen LogP contribution in [0.25, 0.3) is 0 Å². The van der Waals surface area contributed by atoms with Gasteiger partial charge in [0.1, 0.15) is 6.04 Å². The molecule has 0 spiro atoms. The van der Waals surface area contributed by atoms with Crippen LogP contribution in [-0.2, 0) is 4.79 Å². The van der Waals surface area contributed by atoms with Crippen LogP contribution in [0.4, 0.5) is 0 Å². The van der Waals surface area contributed by atoms with Crippen molar-refractivity contribution in [3.8, 4) is 0 Å². The van der Waals surface area contributed by atoms with Gasteiger partial charge in [-0.3, -0.25) is 4.79 Å². The van der Waals surface area contributed by atoms with Crippen molar-refractivity contribution in [3.63, 3.8) is 0 Å². The van der Waals surface area contributed by atoms with Crippen molar-refractivity contribution >= 4 is 33.5 Å². The minimum atomic E-state index is -0.804. The van der Waals surface area contributed by atoms with Gasteiger partial charge in [0.05, 0.1) is 5.02 Å². The quantitative estimate of drug-likeness (QED) is 0.883. The number of carboxylic acid groups (broad SMARTS) is 1. The number of hydrogen-bond acceptors (Lipinski definition) is 2. The van der Waals surface area contributed by atoms with E-state index in [0.717, 1.165) is 23.0 Å². The van der Waals surface area contributed by atoms with Gasteiger partial charge in [0.15, 0.2) is 0 Å². The average molecular weight is 305 g/mol. The Labute approximate surface area is 107 Å². The molecule has 86 valence electrons. The highest BCUT2D eigenvalue weighted by atomic mass is 79.9. The average Bonchev–Trinajstić information content (AvgIpc) is 2.71. The van der Waals surface area contributed by atoms with E-state index in [4.69, 9.17) is 16.7 Å². The molecule has 1 fully saturated rings. The number of nitrogens with one attached hydrogen (secondary N) is 1. The van der Waals surface area contributed by atoms with Gasteiger partial charge in [-0.05, 0) is 46.6 Å². The summed E-state index contributed by atoms with van der Waals surface area (Å²) >= 11 is 9.32.